The molecular formula is C26H30N6OS. The smallest absolute Gasteiger partial charge is 0.207 e. The number of carbonyl (C=O) groups is 1. The Bertz CT molecular complexity index is 1120. The highest BCUT2D eigenvalue weighted by Crippen LogP contribution is 2.30. The molecule has 0 saturated heterocycles. The van der Waals surface area contributed by atoms with Crippen LogP contribution in [0, 0.1) is 5.41 Å². The molecule has 0 spiro atoms. The van der Waals surface area contributed by atoms with Gasteiger partial charge in [-0.15, -0.1) is 11.3 Å². The van der Waals surface area contributed by atoms with Crippen LogP contribution in [0.5, 0.6) is 0 Å². The zero-order valence-electron chi connectivity index (χ0n) is 19.1. The third kappa shape index (κ3) is 6.45. The third-order valence-electron chi connectivity index (χ3n) is 5.72. The normalized spacial score (nSPS) is 12.9. The lowest BCUT2D eigenvalue weighted by Gasteiger charge is -2.29. The van der Waals surface area contributed by atoms with Crippen LogP contribution in [0.4, 0.5) is 16.5 Å². The Morgan fingerprint density at radius 2 is 1.94 bits per heavy atom. The number of carbonyl (C=O) groups excluding carboxylic acids is 1. The first-order chi connectivity index (χ1) is 16.7. The molecule has 0 unspecified atom stereocenters. The fourth-order valence-corrected chi connectivity index (χ4v) is 4.92. The van der Waals surface area contributed by atoms with E-state index >= 15 is 0 Å². The standard InChI is InChI=1S/C26H30N6OS/c27-10-1-12-29-23-6-3-20(4-7-23)15-25-17-31-26(34-25)32-14-9-21-5-8-24(16-22(21)18-32)30-13-2-11-28-19-33/h1,3-8,10,12,16-17,19,27,29-30H,2,9,11,13-15,18H2,(H,28,33)/b12-1-,27-10?. The van der Waals surface area contributed by atoms with E-state index in [-0.39, 0.29) is 0 Å². The van der Waals surface area contributed by atoms with Gasteiger partial charge in [-0.05, 0) is 59.9 Å². The van der Waals surface area contributed by atoms with E-state index < -0.39 is 0 Å². The van der Waals surface area contributed by atoms with Crippen LogP contribution in [0.2, 0.25) is 0 Å². The summed E-state index contributed by atoms with van der Waals surface area (Å²) < 4.78 is 0. The summed E-state index contributed by atoms with van der Waals surface area (Å²) in [6, 6.07) is 15.0. The van der Waals surface area contributed by atoms with Crippen molar-refractivity contribution in [1.82, 2.24) is 10.3 Å². The summed E-state index contributed by atoms with van der Waals surface area (Å²) in [7, 11) is 0. The predicted molar refractivity (Wildman–Crippen MR) is 141 cm³/mol. The molecule has 0 atom stereocenters. The van der Waals surface area contributed by atoms with Gasteiger partial charge in [0, 0.05) is 67.5 Å². The number of hydrogen-bond donors (Lipinski definition) is 4. The maximum absolute atomic E-state index is 10.3. The number of nitrogens with zero attached hydrogens (tertiary/aromatic N) is 2. The number of rotatable bonds is 12. The molecule has 0 bridgehead atoms. The van der Waals surface area contributed by atoms with Gasteiger partial charge in [0.15, 0.2) is 5.13 Å². The Morgan fingerprint density at radius 1 is 1.09 bits per heavy atom. The first-order valence-electron chi connectivity index (χ1n) is 11.5. The van der Waals surface area contributed by atoms with Crippen molar-refractivity contribution in [2.75, 3.05) is 35.2 Å². The molecule has 4 N–H and O–H groups in total. The molecule has 8 heteroatoms. The van der Waals surface area contributed by atoms with Gasteiger partial charge in [0.05, 0.1) is 0 Å². The van der Waals surface area contributed by atoms with Crippen LogP contribution in [-0.2, 0) is 24.2 Å². The maximum atomic E-state index is 10.3. The van der Waals surface area contributed by atoms with E-state index in [1.54, 1.807) is 23.6 Å². The quantitative estimate of drug-likeness (QED) is 0.177. The molecule has 1 aliphatic heterocycles. The first kappa shape index (κ1) is 23.5. The van der Waals surface area contributed by atoms with Crippen molar-refractivity contribution in [3.05, 3.63) is 82.5 Å². The first-order valence-corrected chi connectivity index (χ1v) is 12.3. The van der Waals surface area contributed by atoms with E-state index in [1.165, 1.54) is 27.8 Å². The van der Waals surface area contributed by atoms with Crippen molar-refractivity contribution in [2.45, 2.75) is 25.8 Å². The lowest BCUT2D eigenvalue weighted by molar-refractivity contribution is -0.109. The summed E-state index contributed by atoms with van der Waals surface area (Å²) >= 11 is 1.77. The summed E-state index contributed by atoms with van der Waals surface area (Å²) in [4.78, 5) is 18.7. The van der Waals surface area contributed by atoms with Gasteiger partial charge in [0.1, 0.15) is 0 Å². The molecule has 1 aliphatic rings. The number of allylic oxidation sites excluding steroid dienone is 1. The molecule has 7 nitrogen and oxygen atoms in total. The molecule has 176 valence electrons. The lowest BCUT2D eigenvalue weighted by Crippen LogP contribution is -2.30. The van der Waals surface area contributed by atoms with Crippen LogP contribution >= 0.6 is 11.3 Å². The molecule has 34 heavy (non-hydrogen) atoms. The SMILES string of the molecule is N=C/C=C\Nc1ccc(Cc2cnc(N3CCc4ccc(NCCCNC=O)cc4C3)s2)cc1. The number of amides is 1. The van der Waals surface area contributed by atoms with Crippen molar-refractivity contribution >= 4 is 40.5 Å². The molecule has 1 amide bonds. The van der Waals surface area contributed by atoms with E-state index in [0.29, 0.717) is 6.54 Å². The average Bonchev–Trinajstić information content (AvgIpc) is 3.33. The number of aromatic nitrogens is 1. The van der Waals surface area contributed by atoms with Crippen LogP contribution in [0.3, 0.4) is 0 Å². The summed E-state index contributed by atoms with van der Waals surface area (Å²) in [5.74, 6) is 0. The Kier molecular flexibility index (Phi) is 8.29. The number of nitrogens with one attached hydrogen (secondary N) is 4. The van der Waals surface area contributed by atoms with Gasteiger partial charge in [-0.1, -0.05) is 18.2 Å². The number of fused-ring (bicyclic) bond motifs is 1. The van der Waals surface area contributed by atoms with Gasteiger partial charge in [-0.3, -0.25) is 4.79 Å². The van der Waals surface area contributed by atoms with Crippen LogP contribution in [0.15, 0.2) is 60.9 Å². The summed E-state index contributed by atoms with van der Waals surface area (Å²) in [6.07, 6.45) is 10.2. The van der Waals surface area contributed by atoms with Crippen LogP contribution in [0.25, 0.3) is 0 Å². The molecular weight excluding hydrogens is 444 g/mol. The van der Waals surface area contributed by atoms with Crippen molar-refractivity contribution in [2.24, 2.45) is 0 Å². The highest BCUT2D eigenvalue weighted by atomic mass is 32.1. The molecule has 0 fully saturated rings. The zero-order valence-corrected chi connectivity index (χ0v) is 19.9. The Labute approximate surface area is 204 Å². The zero-order chi connectivity index (χ0) is 23.6. The Balaban J connectivity index is 1.33. The maximum Gasteiger partial charge on any atom is 0.207 e. The highest BCUT2D eigenvalue weighted by Gasteiger charge is 2.19. The molecule has 0 radical (unpaired) electrons. The summed E-state index contributed by atoms with van der Waals surface area (Å²) in [5.41, 5.74) is 6.13. The van der Waals surface area contributed by atoms with Crippen LogP contribution in [-0.4, -0.2) is 37.2 Å². The fraction of sp³-hybridized carbons (Fsp3) is 0.269. The minimum atomic E-state index is 0.686. The topological polar surface area (TPSA) is 93.1 Å². The Morgan fingerprint density at radius 3 is 2.76 bits per heavy atom. The van der Waals surface area contributed by atoms with Crippen molar-refractivity contribution in [3.63, 3.8) is 0 Å². The molecule has 1 aromatic heterocycles. The van der Waals surface area contributed by atoms with Crippen molar-refractivity contribution < 1.29 is 4.79 Å². The van der Waals surface area contributed by atoms with Crippen LogP contribution < -0.4 is 20.9 Å². The molecule has 2 heterocycles. The minimum absolute atomic E-state index is 0.686. The predicted octanol–water partition coefficient (Wildman–Crippen LogP) is 4.42. The largest absolute Gasteiger partial charge is 0.385 e. The van der Waals surface area contributed by atoms with Gasteiger partial charge in [-0.25, -0.2) is 4.98 Å². The van der Waals surface area contributed by atoms with Gasteiger partial charge >= 0.3 is 0 Å². The van der Waals surface area contributed by atoms with Gasteiger partial charge in [0.25, 0.3) is 0 Å². The highest BCUT2D eigenvalue weighted by molar-refractivity contribution is 7.15. The number of hydrogen-bond acceptors (Lipinski definition) is 7. The lowest BCUT2D eigenvalue weighted by atomic mass is 9.99. The number of thiazole rings is 1. The Hall–Kier alpha value is -3.65. The van der Waals surface area contributed by atoms with E-state index in [1.807, 2.05) is 6.20 Å². The second-order valence-electron chi connectivity index (χ2n) is 8.16. The summed E-state index contributed by atoms with van der Waals surface area (Å²) in [6.45, 7) is 3.37. The van der Waals surface area contributed by atoms with Crippen LogP contribution in [0.1, 0.15) is 28.0 Å². The summed E-state index contributed by atoms with van der Waals surface area (Å²) in [5, 5.41) is 17.4. The van der Waals surface area contributed by atoms with Crippen molar-refractivity contribution in [3.8, 4) is 0 Å². The van der Waals surface area contributed by atoms with Gasteiger partial charge < -0.3 is 26.3 Å². The second-order valence-corrected chi connectivity index (χ2v) is 9.25. The molecule has 4 rings (SSSR count). The van der Waals surface area contributed by atoms with Gasteiger partial charge in [0.2, 0.25) is 6.41 Å². The minimum Gasteiger partial charge on any atom is -0.385 e. The third-order valence-corrected chi connectivity index (χ3v) is 6.77. The molecule has 0 aliphatic carbocycles. The number of anilines is 3. The molecule has 3 aromatic rings. The van der Waals surface area contributed by atoms with Gasteiger partial charge in [-0.2, -0.15) is 0 Å². The van der Waals surface area contributed by atoms with E-state index in [2.05, 4.69) is 63.3 Å². The number of benzene rings is 2. The second kappa shape index (κ2) is 12.0. The monoisotopic (exact) mass is 474 g/mol. The van der Waals surface area contributed by atoms with Crippen molar-refractivity contribution in [1.29, 1.82) is 5.41 Å². The fourth-order valence-electron chi connectivity index (χ4n) is 3.95. The van der Waals surface area contributed by atoms with E-state index in [9.17, 15) is 4.79 Å². The average molecular weight is 475 g/mol. The van der Waals surface area contributed by atoms with E-state index in [0.717, 1.165) is 61.8 Å². The molecule has 0 saturated carbocycles. The van der Waals surface area contributed by atoms with E-state index in [4.69, 9.17) is 10.4 Å². The molecule has 2 aromatic carbocycles.